The number of aliphatic carboxylic acids is 1. The number of alkyl halides is 3. The van der Waals surface area contributed by atoms with E-state index in [1.165, 1.54) is 12.1 Å². The van der Waals surface area contributed by atoms with Gasteiger partial charge in [0.1, 0.15) is 6.10 Å². The molecule has 3 atom stereocenters. The maximum Gasteiger partial charge on any atom is 0.490 e. The van der Waals surface area contributed by atoms with Crippen molar-refractivity contribution in [1.29, 1.82) is 0 Å². The average Bonchev–Trinajstić information content (AvgIpc) is 3.05. The second-order valence-electron chi connectivity index (χ2n) is 7.35. The maximum absolute atomic E-state index is 13.3. The minimum Gasteiger partial charge on any atom is -0.475 e. The molecular weight excluding hydrogens is 415 g/mol. The molecule has 30 heavy (non-hydrogen) atoms. The molecule has 2 aliphatic rings. The summed E-state index contributed by atoms with van der Waals surface area (Å²) in [7, 11) is 3.48. The number of hydrogen-bond acceptors (Lipinski definition) is 4. The maximum atomic E-state index is 13.3. The van der Waals surface area contributed by atoms with E-state index in [1.807, 2.05) is 0 Å². The molecule has 11 heteroatoms. The summed E-state index contributed by atoms with van der Waals surface area (Å²) in [6.07, 6.45) is -2.94. The van der Waals surface area contributed by atoms with E-state index in [1.54, 1.807) is 25.1 Å². The van der Waals surface area contributed by atoms with Gasteiger partial charge in [-0.1, -0.05) is 6.07 Å². The van der Waals surface area contributed by atoms with Crippen molar-refractivity contribution < 1.29 is 41.4 Å². The van der Waals surface area contributed by atoms with Crippen molar-refractivity contribution in [2.45, 2.75) is 50.2 Å². The van der Waals surface area contributed by atoms with Gasteiger partial charge in [0.2, 0.25) is 0 Å². The normalized spacial score (nSPS) is 23.9. The Kier molecular flexibility index (Phi) is 7.75. The van der Waals surface area contributed by atoms with Crippen LogP contribution in [-0.4, -0.2) is 71.8 Å². The smallest absolute Gasteiger partial charge is 0.475 e. The molecule has 1 aromatic rings. The molecule has 2 fully saturated rings. The summed E-state index contributed by atoms with van der Waals surface area (Å²) in [5, 5.41) is 7.12. The number of carboxylic acids is 1. The van der Waals surface area contributed by atoms with Gasteiger partial charge in [0.15, 0.2) is 11.6 Å². The van der Waals surface area contributed by atoms with E-state index in [0.29, 0.717) is 13.0 Å². The molecular formula is C19H23F5N2O4. The van der Waals surface area contributed by atoms with E-state index in [4.69, 9.17) is 14.6 Å². The van der Waals surface area contributed by atoms with Crippen molar-refractivity contribution in [1.82, 2.24) is 9.80 Å². The SMILES string of the molecule is CN(C)C(=O)[C@H]1CC[C@@H]2[C@@H](CCN2Cc2ccc(F)c(F)c2)O1.O=C(O)C(F)(F)F. The van der Waals surface area contributed by atoms with Crippen molar-refractivity contribution in [3.8, 4) is 0 Å². The number of hydrogen-bond donors (Lipinski definition) is 1. The van der Waals surface area contributed by atoms with Crippen LogP contribution in [0.25, 0.3) is 0 Å². The molecule has 1 amide bonds. The Balaban J connectivity index is 0.000000396. The fourth-order valence-corrected chi connectivity index (χ4v) is 3.55. The van der Waals surface area contributed by atoms with E-state index in [2.05, 4.69) is 4.90 Å². The number of likely N-dealkylation sites (N-methyl/N-ethyl adjacent to an activating group) is 1. The number of nitrogens with zero attached hydrogens (tertiary/aromatic N) is 2. The molecule has 0 aliphatic carbocycles. The number of carbonyl (C=O) groups excluding carboxylic acids is 1. The molecule has 168 valence electrons. The Morgan fingerprint density at radius 1 is 1.17 bits per heavy atom. The molecule has 1 N–H and O–H groups in total. The van der Waals surface area contributed by atoms with E-state index in [9.17, 15) is 26.7 Å². The predicted molar refractivity (Wildman–Crippen MR) is 95.5 cm³/mol. The van der Waals surface area contributed by atoms with Gasteiger partial charge in [0.25, 0.3) is 5.91 Å². The van der Waals surface area contributed by atoms with Crippen molar-refractivity contribution in [2.24, 2.45) is 0 Å². The Morgan fingerprint density at radius 3 is 2.33 bits per heavy atom. The zero-order chi connectivity index (χ0) is 22.6. The summed E-state index contributed by atoms with van der Waals surface area (Å²) < 4.78 is 64.1. The lowest BCUT2D eigenvalue weighted by molar-refractivity contribution is -0.192. The van der Waals surface area contributed by atoms with E-state index < -0.39 is 23.8 Å². The lowest BCUT2D eigenvalue weighted by Gasteiger charge is -2.36. The first kappa shape index (κ1) is 24.0. The highest BCUT2D eigenvalue weighted by Gasteiger charge is 2.42. The Morgan fingerprint density at radius 2 is 1.80 bits per heavy atom. The number of amides is 1. The summed E-state index contributed by atoms with van der Waals surface area (Å²) in [5.74, 6) is -4.37. The van der Waals surface area contributed by atoms with Gasteiger partial charge >= 0.3 is 12.1 Å². The highest BCUT2D eigenvalue weighted by molar-refractivity contribution is 5.80. The quantitative estimate of drug-likeness (QED) is 0.736. The van der Waals surface area contributed by atoms with E-state index in [0.717, 1.165) is 24.9 Å². The highest BCUT2D eigenvalue weighted by atomic mass is 19.4. The predicted octanol–water partition coefficient (Wildman–Crippen LogP) is 2.81. The third-order valence-corrected chi connectivity index (χ3v) is 4.99. The third-order valence-electron chi connectivity index (χ3n) is 4.99. The van der Waals surface area contributed by atoms with E-state index >= 15 is 0 Å². The van der Waals surface area contributed by atoms with Crippen molar-refractivity contribution in [3.63, 3.8) is 0 Å². The van der Waals surface area contributed by atoms with Crippen LogP contribution in [0.1, 0.15) is 24.8 Å². The molecule has 0 spiro atoms. The summed E-state index contributed by atoms with van der Waals surface area (Å²) >= 11 is 0. The fourth-order valence-electron chi connectivity index (χ4n) is 3.55. The Hall–Kier alpha value is -2.27. The molecule has 1 aromatic carbocycles. The van der Waals surface area contributed by atoms with Crippen LogP contribution in [0, 0.1) is 11.6 Å². The van der Waals surface area contributed by atoms with Crippen LogP contribution in [0.15, 0.2) is 18.2 Å². The van der Waals surface area contributed by atoms with Gasteiger partial charge in [-0.15, -0.1) is 0 Å². The lowest BCUT2D eigenvalue weighted by Crippen LogP contribution is -2.47. The first-order valence-corrected chi connectivity index (χ1v) is 9.25. The monoisotopic (exact) mass is 438 g/mol. The number of halogens is 5. The second kappa shape index (κ2) is 9.69. The van der Waals surface area contributed by atoms with Crippen molar-refractivity contribution in [2.75, 3.05) is 20.6 Å². The minimum atomic E-state index is -5.08. The first-order valence-electron chi connectivity index (χ1n) is 9.25. The van der Waals surface area contributed by atoms with Crippen LogP contribution in [0.2, 0.25) is 0 Å². The van der Waals surface area contributed by atoms with Gasteiger partial charge in [-0.25, -0.2) is 13.6 Å². The molecule has 0 aromatic heterocycles. The number of carboxylic acid groups (broad SMARTS) is 1. The molecule has 0 bridgehead atoms. The second-order valence-corrected chi connectivity index (χ2v) is 7.35. The lowest BCUT2D eigenvalue weighted by atomic mass is 9.98. The van der Waals surface area contributed by atoms with Gasteiger partial charge in [0, 0.05) is 33.2 Å². The standard InChI is InChI=1S/C17H22F2N2O2.C2HF3O2/c1-20(2)17(22)16-6-5-14-15(23-16)7-8-21(14)10-11-3-4-12(18)13(19)9-11;3-2(4,5)1(6)7/h3-4,9,14-16H,5-8,10H2,1-2H3;(H,6,7)/t14-,15-,16-;/m1./s1. The number of ether oxygens (including phenoxy) is 1. The van der Waals surface area contributed by atoms with Gasteiger partial charge in [-0.05, 0) is 37.0 Å². The number of fused-ring (bicyclic) bond motifs is 1. The summed E-state index contributed by atoms with van der Waals surface area (Å²) in [5.41, 5.74) is 0.760. The minimum absolute atomic E-state index is 0.0162. The Labute approximate surface area is 170 Å². The number of rotatable bonds is 3. The summed E-state index contributed by atoms with van der Waals surface area (Å²) in [6.45, 7) is 1.42. The van der Waals surface area contributed by atoms with Crippen LogP contribution in [0.5, 0.6) is 0 Å². The van der Waals surface area contributed by atoms with Crippen molar-refractivity contribution >= 4 is 11.9 Å². The Bertz CT molecular complexity index is 772. The zero-order valence-corrected chi connectivity index (χ0v) is 16.5. The highest BCUT2D eigenvalue weighted by Crippen LogP contribution is 2.33. The number of likely N-dealkylation sites (tertiary alicyclic amines) is 1. The number of benzene rings is 1. The van der Waals surface area contributed by atoms with Crippen LogP contribution >= 0.6 is 0 Å². The topological polar surface area (TPSA) is 70.1 Å². The third kappa shape index (κ3) is 6.11. The van der Waals surface area contributed by atoms with Gasteiger partial charge < -0.3 is 14.7 Å². The molecule has 0 saturated carbocycles. The molecule has 0 unspecified atom stereocenters. The summed E-state index contributed by atoms with van der Waals surface area (Å²) in [4.78, 5) is 24.7. The zero-order valence-electron chi connectivity index (χ0n) is 16.5. The van der Waals surface area contributed by atoms with Crippen molar-refractivity contribution in [3.05, 3.63) is 35.4 Å². The van der Waals surface area contributed by atoms with E-state index in [-0.39, 0.29) is 24.2 Å². The molecule has 6 nitrogen and oxygen atoms in total. The molecule has 2 saturated heterocycles. The largest absolute Gasteiger partial charge is 0.490 e. The van der Waals surface area contributed by atoms with Crippen LogP contribution in [0.3, 0.4) is 0 Å². The van der Waals surface area contributed by atoms with Crippen LogP contribution < -0.4 is 0 Å². The molecule has 0 radical (unpaired) electrons. The van der Waals surface area contributed by atoms with Crippen LogP contribution in [-0.2, 0) is 20.9 Å². The molecule has 3 rings (SSSR count). The average molecular weight is 438 g/mol. The fraction of sp³-hybridized carbons (Fsp3) is 0.579. The first-order chi connectivity index (χ1) is 13.9. The number of carbonyl (C=O) groups is 2. The summed E-state index contributed by atoms with van der Waals surface area (Å²) in [6, 6.07) is 4.29. The molecule has 2 heterocycles. The van der Waals surface area contributed by atoms with Gasteiger partial charge in [-0.3, -0.25) is 9.69 Å². The molecule has 2 aliphatic heterocycles. The van der Waals surface area contributed by atoms with Gasteiger partial charge in [0.05, 0.1) is 6.10 Å². The van der Waals surface area contributed by atoms with Gasteiger partial charge in [-0.2, -0.15) is 13.2 Å². The van der Waals surface area contributed by atoms with Crippen LogP contribution in [0.4, 0.5) is 22.0 Å².